The lowest BCUT2D eigenvalue weighted by Gasteiger charge is -2.00. The van der Waals surface area contributed by atoms with Crippen molar-refractivity contribution in [3.05, 3.63) is 29.2 Å². The molecule has 2 aromatic heterocycles. The van der Waals surface area contributed by atoms with E-state index in [0.717, 1.165) is 17.8 Å². The number of nitrogens with two attached hydrogens (primary N) is 1. The van der Waals surface area contributed by atoms with Gasteiger partial charge in [0, 0.05) is 12.1 Å². The second-order valence-corrected chi connectivity index (χ2v) is 3.04. The zero-order valence-electron chi connectivity index (χ0n) is 6.94. The highest BCUT2D eigenvalue weighted by molar-refractivity contribution is 6.28. The highest BCUT2D eigenvalue weighted by atomic mass is 35.5. The van der Waals surface area contributed by atoms with E-state index in [1.54, 1.807) is 4.52 Å². The molecule has 2 heterocycles. The maximum atomic E-state index is 5.68. The van der Waals surface area contributed by atoms with Crippen LogP contribution in [-0.4, -0.2) is 21.1 Å². The van der Waals surface area contributed by atoms with Crippen LogP contribution in [0, 0.1) is 0 Å². The van der Waals surface area contributed by atoms with E-state index in [9.17, 15) is 0 Å². The van der Waals surface area contributed by atoms with Crippen LogP contribution in [-0.2, 0) is 6.42 Å². The second-order valence-electron chi connectivity index (χ2n) is 2.71. The smallest absolute Gasteiger partial charge is 0.243 e. The molecule has 0 aliphatic heterocycles. The lowest BCUT2D eigenvalue weighted by atomic mass is 10.3. The maximum Gasteiger partial charge on any atom is 0.243 e. The Bertz CT molecular complexity index is 423. The average Bonchev–Trinajstić information content (AvgIpc) is 2.47. The van der Waals surface area contributed by atoms with Gasteiger partial charge in [0.1, 0.15) is 0 Å². The van der Waals surface area contributed by atoms with Gasteiger partial charge in [-0.1, -0.05) is 6.07 Å². The summed E-state index contributed by atoms with van der Waals surface area (Å²) in [6.45, 7) is 0.594. The fraction of sp³-hybridized carbons (Fsp3) is 0.250. The summed E-state index contributed by atoms with van der Waals surface area (Å²) in [4.78, 5) is 4.03. The normalized spacial score (nSPS) is 10.9. The van der Waals surface area contributed by atoms with Crippen molar-refractivity contribution in [3.8, 4) is 0 Å². The Balaban J connectivity index is 2.60. The summed E-state index contributed by atoms with van der Waals surface area (Å²) in [6.07, 6.45) is 0.775. The Morgan fingerprint density at radius 1 is 1.46 bits per heavy atom. The first-order valence-corrected chi connectivity index (χ1v) is 4.39. The third-order valence-corrected chi connectivity index (χ3v) is 1.97. The van der Waals surface area contributed by atoms with Crippen molar-refractivity contribution >= 4 is 17.2 Å². The van der Waals surface area contributed by atoms with E-state index in [1.165, 1.54) is 0 Å². The molecular formula is C8H9ClN4. The van der Waals surface area contributed by atoms with E-state index >= 15 is 0 Å². The van der Waals surface area contributed by atoms with E-state index in [4.69, 9.17) is 17.3 Å². The molecular weight excluding hydrogens is 188 g/mol. The van der Waals surface area contributed by atoms with Crippen molar-refractivity contribution in [2.45, 2.75) is 6.42 Å². The second kappa shape index (κ2) is 3.32. The highest BCUT2D eigenvalue weighted by Crippen LogP contribution is 2.08. The van der Waals surface area contributed by atoms with Gasteiger partial charge in [-0.25, -0.2) is 4.52 Å². The summed E-state index contributed by atoms with van der Waals surface area (Å²) in [6, 6.07) is 5.75. The molecule has 0 saturated heterocycles. The number of fused-ring (bicyclic) bond motifs is 1. The van der Waals surface area contributed by atoms with Gasteiger partial charge in [0.25, 0.3) is 0 Å². The molecule has 0 aliphatic rings. The molecule has 0 atom stereocenters. The van der Waals surface area contributed by atoms with E-state index in [0.29, 0.717) is 6.54 Å². The van der Waals surface area contributed by atoms with Crippen molar-refractivity contribution in [3.63, 3.8) is 0 Å². The van der Waals surface area contributed by atoms with E-state index in [-0.39, 0.29) is 5.28 Å². The van der Waals surface area contributed by atoms with Gasteiger partial charge in [0.05, 0.1) is 0 Å². The highest BCUT2D eigenvalue weighted by Gasteiger charge is 2.03. The third kappa shape index (κ3) is 1.50. The molecule has 0 fully saturated rings. The molecule has 2 rings (SSSR count). The molecule has 0 radical (unpaired) electrons. The van der Waals surface area contributed by atoms with E-state index < -0.39 is 0 Å². The minimum atomic E-state index is 0.268. The van der Waals surface area contributed by atoms with Crippen LogP contribution in [0.4, 0.5) is 0 Å². The molecule has 0 aliphatic carbocycles. The molecule has 0 aromatic carbocycles. The van der Waals surface area contributed by atoms with Crippen LogP contribution in [0.15, 0.2) is 18.2 Å². The molecule has 0 bridgehead atoms. The van der Waals surface area contributed by atoms with Crippen molar-refractivity contribution in [1.29, 1.82) is 0 Å². The lowest BCUT2D eigenvalue weighted by Crippen LogP contribution is -2.07. The Morgan fingerprint density at radius 2 is 2.31 bits per heavy atom. The molecule has 0 spiro atoms. The summed E-state index contributed by atoms with van der Waals surface area (Å²) in [7, 11) is 0. The van der Waals surface area contributed by atoms with Gasteiger partial charge in [-0.05, 0) is 30.3 Å². The predicted molar refractivity (Wildman–Crippen MR) is 50.8 cm³/mol. The molecule has 68 valence electrons. The lowest BCUT2D eigenvalue weighted by molar-refractivity contribution is 0.828. The van der Waals surface area contributed by atoms with Gasteiger partial charge < -0.3 is 5.73 Å². The quantitative estimate of drug-likeness (QED) is 0.776. The summed E-state index contributed by atoms with van der Waals surface area (Å²) < 4.78 is 1.72. The summed E-state index contributed by atoms with van der Waals surface area (Å²) in [5.74, 6) is 0. The van der Waals surface area contributed by atoms with Crippen molar-refractivity contribution in [2.75, 3.05) is 6.54 Å². The topological polar surface area (TPSA) is 56.2 Å². The van der Waals surface area contributed by atoms with Crippen LogP contribution in [0.25, 0.3) is 5.65 Å². The number of aromatic nitrogens is 3. The van der Waals surface area contributed by atoms with E-state index in [2.05, 4.69) is 10.1 Å². The maximum absolute atomic E-state index is 5.68. The molecule has 0 amide bonds. The first-order valence-electron chi connectivity index (χ1n) is 4.01. The van der Waals surface area contributed by atoms with Gasteiger partial charge in [-0.3, -0.25) is 0 Å². The van der Waals surface area contributed by atoms with Crippen molar-refractivity contribution in [2.24, 2.45) is 5.73 Å². The number of halogens is 1. The van der Waals surface area contributed by atoms with Crippen LogP contribution in [0.1, 0.15) is 5.69 Å². The minimum absolute atomic E-state index is 0.268. The van der Waals surface area contributed by atoms with Gasteiger partial charge in [-0.15, -0.1) is 5.10 Å². The summed E-state index contributed by atoms with van der Waals surface area (Å²) in [5.41, 5.74) is 7.25. The number of hydrogen-bond acceptors (Lipinski definition) is 3. The van der Waals surface area contributed by atoms with Crippen LogP contribution in [0.2, 0.25) is 5.28 Å². The Kier molecular flexibility index (Phi) is 2.16. The van der Waals surface area contributed by atoms with Gasteiger partial charge in [-0.2, -0.15) is 4.98 Å². The van der Waals surface area contributed by atoms with Gasteiger partial charge >= 0.3 is 0 Å². The third-order valence-electron chi connectivity index (χ3n) is 1.81. The molecule has 0 saturated carbocycles. The Morgan fingerprint density at radius 3 is 3.08 bits per heavy atom. The van der Waals surface area contributed by atoms with Crippen LogP contribution >= 0.6 is 11.6 Å². The van der Waals surface area contributed by atoms with Crippen molar-refractivity contribution in [1.82, 2.24) is 14.6 Å². The fourth-order valence-corrected chi connectivity index (χ4v) is 1.43. The van der Waals surface area contributed by atoms with Gasteiger partial charge in [0.2, 0.25) is 5.28 Å². The minimum Gasteiger partial charge on any atom is -0.330 e. The van der Waals surface area contributed by atoms with Crippen LogP contribution in [0.3, 0.4) is 0 Å². The number of hydrogen-bond donors (Lipinski definition) is 1. The summed E-state index contributed by atoms with van der Waals surface area (Å²) in [5, 5.41) is 4.32. The van der Waals surface area contributed by atoms with Crippen LogP contribution in [0.5, 0.6) is 0 Å². The predicted octanol–water partition coefficient (Wildman–Crippen LogP) is 0.884. The Labute approximate surface area is 80.3 Å². The average molecular weight is 197 g/mol. The zero-order valence-corrected chi connectivity index (χ0v) is 7.70. The van der Waals surface area contributed by atoms with E-state index in [1.807, 2.05) is 18.2 Å². The monoisotopic (exact) mass is 196 g/mol. The number of pyridine rings is 1. The Hall–Kier alpha value is -1.13. The molecule has 5 heteroatoms. The van der Waals surface area contributed by atoms with Crippen molar-refractivity contribution < 1.29 is 0 Å². The molecule has 13 heavy (non-hydrogen) atoms. The SMILES string of the molecule is NCCc1cccc2nc(Cl)nn12. The van der Waals surface area contributed by atoms with Crippen LogP contribution < -0.4 is 5.73 Å². The first-order chi connectivity index (χ1) is 6.31. The molecule has 2 N–H and O–H groups in total. The standard InChI is InChI=1S/C8H9ClN4/c9-8-11-7-3-1-2-6(4-5-10)13(7)12-8/h1-3H,4-5,10H2. The largest absolute Gasteiger partial charge is 0.330 e. The molecule has 4 nitrogen and oxygen atoms in total. The fourth-order valence-electron chi connectivity index (χ4n) is 1.27. The molecule has 2 aromatic rings. The van der Waals surface area contributed by atoms with Gasteiger partial charge in [0.15, 0.2) is 5.65 Å². The number of nitrogens with zero attached hydrogens (tertiary/aromatic N) is 3. The molecule has 0 unspecified atom stereocenters. The first kappa shape index (κ1) is 8.47. The summed E-state index contributed by atoms with van der Waals surface area (Å²) >= 11 is 5.68. The number of rotatable bonds is 2. The zero-order chi connectivity index (χ0) is 9.26.